The standard InChI is InChI=1S/C43H53N5O7S/c1-3-30-26-43(30,42(51)46-56(52,53)33-18-19-33)45-40(49)37-24-32(27-48(37)41(50)39(29-15-9-5-10-16-29)47-21-11-6-12-22-47)55-38-25-35(28-13-7-4-8-14-28)44-36-23-31(54-2)17-20-34(36)38/h3-4,7-8,13-14,17,20,23,25,29-30,32-33,37,39H,1,5-6,9-12,15-16,18-19,21-22,24,26-27H2,2H3,(H,45,49)(H,46,51)/t30?,32-,37+,39?,43?/m1/s1. The van der Waals surface area contributed by atoms with E-state index in [-0.39, 0.29) is 37.3 Å². The first kappa shape index (κ1) is 38.4. The smallest absolute Gasteiger partial charge is 0.259 e. The number of ether oxygens (including phenoxy) is 2. The summed E-state index contributed by atoms with van der Waals surface area (Å²) in [5.74, 6) is -0.366. The second-order valence-corrected chi connectivity index (χ2v) is 18.3. The number of hydrogen-bond acceptors (Lipinski definition) is 9. The fourth-order valence-electron chi connectivity index (χ4n) is 9.20. The van der Waals surface area contributed by atoms with Crippen molar-refractivity contribution in [2.75, 3.05) is 26.7 Å². The Morgan fingerprint density at radius 3 is 2.38 bits per heavy atom. The Balaban J connectivity index is 1.12. The Labute approximate surface area is 329 Å². The first-order valence-electron chi connectivity index (χ1n) is 20.4. The van der Waals surface area contributed by atoms with Crippen LogP contribution in [0.3, 0.4) is 0 Å². The molecule has 3 unspecified atom stereocenters. The molecule has 2 N–H and O–H groups in total. The number of carbonyl (C=O) groups is 3. The van der Waals surface area contributed by atoms with Crippen LogP contribution in [0.5, 0.6) is 11.5 Å². The molecule has 12 nitrogen and oxygen atoms in total. The largest absolute Gasteiger partial charge is 0.497 e. The van der Waals surface area contributed by atoms with Crippen molar-refractivity contribution < 1.29 is 32.3 Å². The summed E-state index contributed by atoms with van der Waals surface area (Å²) in [6.45, 7) is 5.71. The van der Waals surface area contributed by atoms with E-state index in [1.807, 2.05) is 54.6 Å². The van der Waals surface area contributed by atoms with Crippen LogP contribution in [0.15, 0.2) is 67.3 Å². The summed E-state index contributed by atoms with van der Waals surface area (Å²) in [6.07, 6.45) is 10.9. The number of amides is 3. The normalized spacial score (nSPS) is 26.3. The van der Waals surface area contributed by atoms with E-state index in [2.05, 4.69) is 21.5 Å². The molecule has 298 valence electrons. The third-order valence-corrected chi connectivity index (χ3v) is 14.4. The molecule has 3 aromatic rings. The quantitative estimate of drug-likeness (QED) is 0.219. The average Bonchev–Trinajstić information content (AvgIpc) is 4.15. The molecule has 3 amide bonds. The molecule has 5 fully saturated rings. The molecule has 3 heterocycles. The molecule has 0 spiro atoms. The van der Waals surface area contributed by atoms with E-state index in [0.717, 1.165) is 75.4 Å². The number of rotatable bonds is 13. The van der Waals surface area contributed by atoms with Gasteiger partial charge in [-0.1, -0.05) is 62.1 Å². The van der Waals surface area contributed by atoms with E-state index in [1.165, 1.54) is 0 Å². The summed E-state index contributed by atoms with van der Waals surface area (Å²) in [5, 5.41) is 3.13. The molecule has 0 radical (unpaired) electrons. The number of fused-ring (bicyclic) bond motifs is 1. The van der Waals surface area contributed by atoms with Crippen LogP contribution < -0.4 is 19.5 Å². The Kier molecular flexibility index (Phi) is 10.8. The van der Waals surface area contributed by atoms with Gasteiger partial charge in [0, 0.05) is 35.4 Å². The lowest BCUT2D eigenvalue weighted by Gasteiger charge is -2.42. The van der Waals surface area contributed by atoms with E-state index >= 15 is 4.79 Å². The molecule has 8 rings (SSSR count). The van der Waals surface area contributed by atoms with Crippen LogP contribution >= 0.6 is 0 Å². The molecule has 2 saturated heterocycles. The SMILES string of the molecule is C=CC1CC1(NC(=O)[C@@H]1C[C@@H](Oc2cc(-c3ccccc3)nc3cc(OC)ccc23)CN1C(=O)C(C1CCCCC1)N1CCCCC1)C(=O)NS(=O)(=O)C1CC1. The van der Waals surface area contributed by atoms with Crippen LogP contribution in [-0.4, -0.2) is 96.6 Å². The van der Waals surface area contributed by atoms with Gasteiger partial charge in [-0.2, -0.15) is 0 Å². The molecular weight excluding hydrogens is 731 g/mol. The van der Waals surface area contributed by atoms with Gasteiger partial charge in [0.2, 0.25) is 21.8 Å². The highest BCUT2D eigenvalue weighted by Gasteiger charge is 2.62. The number of pyridine rings is 1. The van der Waals surface area contributed by atoms with Crippen LogP contribution in [0.4, 0.5) is 0 Å². The molecule has 2 aromatic carbocycles. The van der Waals surface area contributed by atoms with Gasteiger partial charge >= 0.3 is 0 Å². The lowest BCUT2D eigenvalue weighted by molar-refractivity contribution is -0.146. The zero-order chi connectivity index (χ0) is 39.0. The molecule has 5 aliphatic rings. The van der Waals surface area contributed by atoms with Gasteiger partial charge in [-0.3, -0.25) is 24.0 Å². The topological polar surface area (TPSA) is 147 Å². The van der Waals surface area contributed by atoms with Crippen molar-refractivity contribution in [3.63, 3.8) is 0 Å². The summed E-state index contributed by atoms with van der Waals surface area (Å²) < 4.78 is 40.3. The predicted molar refractivity (Wildman–Crippen MR) is 213 cm³/mol. The summed E-state index contributed by atoms with van der Waals surface area (Å²) in [5.41, 5.74) is 0.839. The van der Waals surface area contributed by atoms with Crippen molar-refractivity contribution in [1.29, 1.82) is 0 Å². The van der Waals surface area contributed by atoms with E-state index in [1.54, 1.807) is 18.1 Å². The molecule has 1 aromatic heterocycles. The van der Waals surface area contributed by atoms with Crippen LogP contribution in [0.2, 0.25) is 0 Å². The maximum atomic E-state index is 15.1. The lowest BCUT2D eigenvalue weighted by Crippen LogP contribution is -2.59. The third-order valence-electron chi connectivity index (χ3n) is 12.6. The number of carbonyl (C=O) groups excluding carboxylic acids is 3. The minimum atomic E-state index is -3.85. The van der Waals surface area contributed by atoms with Crippen molar-refractivity contribution >= 4 is 38.6 Å². The fourth-order valence-corrected chi connectivity index (χ4v) is 10.6. The first-order valence-corrected chi connectivity index (χ1v) is 21.9. The highest BCUT2D eigenvalue weighted by Crippen LogP contribution is 2.46. The van der Waals surface area contributed by atoms with Crippen molar-refractivity contribution in [2.24, 2.45) is 11.8 Å². The lowest BCUT2D eigenvalue weighted by atomic mass is 9.82. The average molecular weight is 784 g/mol. The molecule has 5 atom stereocenters. The fraction of sp³-hybridized carbons (Fsp3) is 0.535. The Morgan fingerprint density at radius 2 is 1.70 bits per heavy atom. The Morgan fingerprint density at radius 1 is 0.964 bits per heavy atom. The van der Waals surface area contributed by atoms with Gasteiger partial charge in [0.25, 0.3) is 5.91 Å². The maximum Gasteiger partial charge on any atom is 0.259 e. The van der Waals surface area contributed by atoms with E-state index in [4.69, 9.17) is 14.5 Å². The van der Waals surface area contributed by atoms with Crippen molar-refractivity contribution in [3.05, 3.63) is 67.3 Å². The van der Waals surface area contributed by atoms with Gasteiger partial charge in [0.1, 0.15) is 29.2 Å². The third kappa shape index (κ3) is 7.76. The van der Waals surface area contributed by atoms with Gasteiger partial charge in [0.15, 0.2) is 0 Å². The van der Waals surface area contributed by atoms with Gasteiger partial charge in [-0.05, 0) is 76.1 Å². The molecule has 3 aliphatic carbocycles. The van der Waals surface area contributed by atoms with Crippen molar-refractivity contribution in [3.8, 4) is 22.8 Å². The van der Waals surface area contributed by atoms with Crippen LogP contribution in [0, 0.1) is 11.8 Å². The second kappa shape index (κ2) is 15.8. The monoisotopic (exact) mass is 783 g/mol. The highest BCUT2D eigenvalue weighted by molar-refractivity contribution is 7.91. The number of piperidine rings is 1. The van der Waals surface area contributed by atoms with Crippen molar-refractivity contribution in [1.82, 2.24) is 24.8 Å². The van der Waals surface area contributed by atoms with Crippen LogP contribution in [0.1, 0.15) is 77.0 Å². The van der Waals surface area contributed by atoms with E-state index in [9.17, 15) is 18.0 Å². The molecule has 2 aliphatic heterocycles. The summed E-state index contributed by atoms with van der Waals surface area (Å²) in [7, 11) is -2.24. The summed E-state index contributed by atoms with van der Waals surface area (Å²) in [4.78, 5) is 52.4. The summed E-state index contributed by atoms with van der Waals surface area (Å²) in [6, 6.07) is 16.0. The zero-order valence-corrected chi connectivity index (χ0v) is 33.0. The number of hydrogen-bond donors (Lipinski definition) is 2. The van der Waals surface area contributed by atoms with Crippen LogP contribution in [-0.2, 0) is 24.4 Å². The highest BCUT2D eigenvalue weighted by atomic mass is 32.2. The summed E-state index contributed by atoms with van der Waals surface area (Å²) >= 11 is 0. The molecule has 56 heavy (non-hydrogen) atoms. The second-order valence-electron chi connectivity index (χ2n) is 16.4. The minimum Gasteiger partial charge on any atom is -0.497 e. The molecular formula is C43H53N5O7S. The van der Waals surface area contributed by atoms with Gasteiger partial charge in [0.05, 0.1) is 36.2 Å². The zero-order valence-electron chi connectivity index (χ0n) is 32.2. The predicted octanol–water partition coefficient (Wildman–Crippen LogP) is 5.36. The number of likely N-dealkylation sites (tertiary alicyclic amines) is 2. The Hall–Kier alpha value is -4.49. The van der Waals surface area contributed by atoms with Gasteiger partial charge < -0.3 is 19.7 Å². The number of methoxy groups -OCH3 is 1. The van der Waals surface area contributed by atoms with Crippen molar-refractivity contribution in [2.45, 2.75) is 106 Å². The minimum absolute atomic E-state index is 0.0785. The number of nitrogens with zero attached hydrogens (tertiary/aromatic N) is 3. The Bertz CT molecular complexity index is 2060. The van der Waals surface area contributed by atoms with Crippen LogP contribution in [0.25, 0.3) is 22.2 Å². The number of aromatic nitrogens is 1. The van der Waals surface area contributed by atoms with Gasteiger partial charge in [-0.15, -0.1) is 6.58 Å². The number of sulfonamides is 1. The maximum absolute atomic E-state index is 15.1. The molecule has 13 heteroatoms. The molecule has 0 bridgehead atoms. The molecule has 3 saturated carbocycles. The van der Waals surface area contributed by atoms with E-state index < -0.39 is 50.7 Å². The van der Waals surface area contributed by atoms with E-state index in [0.29, 0.717) is 35.6 Å². The van der Waals surface area contributed by atoms with Gasteiger partial charge in [-0.25, -0.2) is 13.4 Å². The number of nitrogens with one attached hydrogen (secondary N) is 2. The first-order chi connectivity index (χ1) is 27.1. The number of benzene rings is 2.